The maximum absolute atomic E-state index is 11.8. The van der Waals surface area contributed by atoms with Gasteiger partial charge in [-0.25, -0.2) is 0 Å². The van der Waals surface area contributed by atoms with Crippen LogP contribution in [-0.4, -0.2) is 19.0 Å². The molecule has 1 aliphatic rings. The minimum absolute atomic E-state index is 0.0688. The van der Waals surface area contributed by atoms with Gasteiger partial charge in [0.1, 0.15) is 5.78 Å². The second-order valence-corrected chi connectivity index (χ2v) is 4.87. The molecule has 0 unspecified atom stereocenters. The molecular weight excluding hydrogens is 212 g/mol. The van der Waals surface area contributed by atoms with Gasteiger partial charge in [-0.05, 0) is 37.7 Å². The monoisotopic (exact) mass is 232 g/mol. The van der Waals surface area contributed by atoms with E-state index in [4.69, 9.17) is 4.74 Å². The van der Waals surface area contributed by atoms with Gasteiger partial charge in [0.15, 0.2) is 0 Å². The minimum atomic E-state index is 0.0688. The molecule has 1 heterocycles. The van der Waals surface area contributed by atoms with E-state index in [0.717, 1.165) is 38.0 Å². The predicted molar refractivity (Wildman–Crippen MR) is 68.0 cm³/mol. The van der Waals surface area contributed by atoms with Crippen LogP contribution in [0.5, 0.6) is 0 Å². The SMILES string of the molecule is CC(=O)[C@H](CC1CCOCC1)c1ccccc1. The highest BCUT2D eigenvalue weighted by molar-refractivity contribution is 5.83. The maximum atomic E-state index is 11.8. The van der Waals surface area contributed by atoms with E-state index in [0.29, 0.717) is 5.92 Å². The van der Waals surface area contributed by atoms with Crippen molar-refractivity contribution in [2.24, 2.45) is 5.92 Å². The second-order valence-electron chi connectivity index (χ2n) is 4.87. The quantitative estimate of drug-likeness (QED) is 0.797. The number of Topliss-reactive ketones (excluding diaryl/α,β-unsaturated/α-hetero) is 1. The summed E-state index contributed by atoms with van der Waals surface area (Å²) in [5.74, 6) is 0.986. The largest absolute Gasteiger partial charge is 0.381 e. The summed E-state index contributed by atoms with van der Waals surface area (Å²) in [7, 11) is 0. The third-order valence-corrected chi connectivity index (χ3v) is 3.60. The van der Waals surface area contributed by atoms with Gasteiger partial charge in [-0.1, -0.05) is 30.3 Å². The summed E-state index contributed by atoms with van der Waals surface area (Å²) in [5.41, 5.74) is 1.16. The molecule has 92 valence electrons. The molecule has 0 aliphatic carbocycles. The molecule has 17 heavy (non-hydrogen) atoms. The van der Waals surface area contributed by atoms with Gasteiger partial charge in [-0.15, -0.1) is 0 Å². The molecule has 0 saturated carbocycles. The van der Waals surface area contributed by atoms with Crippen molar-refractivity contribution in [2.75, 3.05) is 13.2 Å². The lowest BCUT2D eigenvalue weighted by molar-refractivity contribution is -0.119. The maximum Gasteiger partial charge on any atom is 0.137 e. The number of ether oxygens (including phenoxy) is 1. The molecule has 1 atom stereocenters. The fourth-order valence-electron chi connectivity index (χ4n) is 2.54. The van der Waals surface area contributed by atoms with Crippen LogP contribution in [0.25, 0.3) is 0 Å². The normalized spacial score (nSPS) is 18.9. The lowest BCUT2D eigenvalue weighted by Crippen LogP contribution is -2.20. The van der Waals surface area contributed by atoms with Crippen molar-refractivity contribution in [1.82, 2.24) is 0 Å². The zero-order valence-electron chi connectivity index (χ0n) is 10.4. The van der Waals surface area contributed by atoms with Crippen molar-refractivity contribution in [1.29, 1.82) is 0 Å². The van der Waals surface area contributed by atoms with E-state index in [2.05, 4.69) is 12.1 Å². The highest BCUT2D eigenvalue weighted by atomic mass is 16.5. The topological polar surface area (TPSA) is 26.3 Å². The summed E-state index contributed by atoms with van der Waals surface area (Å²) >= 11 is 0. The number of hydrogen-bond acceptors (Lipinski definition) is 2. The highest BCUT2D eigenvalue weighted by Crippen LogP contribution is 2.29. The Morgan fingerprint density at radius 3 is 2.53 bits per heavy atom. The van der Waals surface area contributed by atoms with Crippen LogP contribution in [0.2, 0.25) is 0 Å². The Bertz CT molecular complexity index is 352. The molecular formula is C15H20O2. The van der Waals surface area contributed by atoms with Crippen molar-refractivity contribution >= 4 is 5.78 Å². The van der Waals surface area contributed by atoms with E-state index in [1.807, 2.05) is 18.2 Å². The fraction of sp³-hybridized carbons (Fsp3) is 0.533. The predicted octanol–water partition coefficient (Wildman–Crippen LogP) is 3.18. The molecule has 1 fully saturated rings. The van der Waals surface area contributed by atoms with E-state index in [1.165, 1.54) is 0 Å². The molecule has 1 aromatic carbocycles. The number of rotatable bonds is 4. The summed E-state index contributed by atoms with van der Waals surface area (Å²) in [5, 5.41) is 0. The zero-order valence-corrected chi connectivity index (χ0v) is 10.4. The molecule has 0 spiro atoms. The van der Waals surface area contributed by atoms with Crippen LogP contribution in [0.4, 0.5) is 0 Å². The van der Waals surface area contributed by atoms with Crippen LogP contribution in [-0.2, 0) is 9.53 Å². The average Bonchev–Trinajstić information content (AvgIpc) is 2.38. The molecule has 0 N–H and O–H groups in total. The molecule has 1 saturated heterocycles. The average molecular weight is 232 g/mol. The van der Waals surface area contributed by atoms with E-state index in [9.17, 15) is 4.79 Å². The van der Waals surface area contributed by atoms with Gasteiger partial charge in [0.25, 0.3) is 0 Å². The Morgan fingerprint density at radius 1 is 1.29 bits per heavy atom. The zero-order chi connectivity index (χ0) is 12.1. The highest BCUT2D eigenvalue weighted by Gasteiger charge is 2.23. The van der Waals surface area contributed by atoms with Crippen LogP contribution >= 0.6 is 0 Å². The van der Waals surface area contributed by atoms with Crippen molar-refractivity contribution in [3.63, 3.8) is 0 Å². The van der Waals surface area contributed by atoms with Crippen molar-refractivity contribution in [2.45, 2.75) is 32.1 Å². The molecule has 2 heteroatoms. The first-order valence-corrected chi connectivity index (χ1v) is 6.40. The summed E-state index contributed by atoms with van der Waals surface area (Å²) in [6.07, 6.45) is 3.16. The first kappa shape index (κ1) is 12.3. The summed E-state index contributed by atoms with van der Waals surface area (Å²) < 4.78 is 5.36. The van der Waals surface area contributed by atoms with Gasteiger partial charge in [-0.2, -0.15) is 0 Å². The van der Waals surface area contributed by atoms with E-state index >= 15 is 0 Å². The van der Waals surface area contributed by atoms with Crippen LogP contribution in [0.1, 0.15) is 37.7 Å². The first-order valence-electron chi connectivity index (χ1n) is 6.40. The van der Waals surface area contributed by atoms with E-state index < -0.39 is 0 Å². The molecule has 1 aliphatic heterocycles. The fourth-order valence-corrected chi connectivity index (χ4v) is 2.54. The van der Waals surface area contributed by atoms with Crippen LogP contribution < -0.4 is 0 Å². The van der Waals surface area contributed by atoms with Gasteiger partial charge >= 0.3 is 0 Å². The van der Waals surface area contributed by atoms with Gasteiger partial charge in [0.2, 0.25) is 0 Å². The smallest absolute Gasteiger partial charge is 0.137 e. The Labute approximate surface area is 103 Å². The van der Waals surface area contributed by atoms with Crippen molar-refractivity contribution < 1.29 is 9.53 Å². The Morgan fingerprint density at radius 2 is 1.94 bits per heavy atom. The molecule has 0 aromatic heterocycles. The molecule has 2 nitrogen and oxygen atoms in total. The molecule has 1 aromatic rings. The minimum Gasteiger partial charge on any atom is -0.381 e. The van der Waals surface area contributed by atoms with E-state index in [-0.39, 0.29) is 11.7 Å². The van der Waals surface area contributed by atoms with Crippen LogP contribution in [0, 0.1) is 5.92 Å². The van der Waals surface area contributed by atoms with Gasteiger partial charge in [0, 0.05) is 19.1 Å². The number of carbonyl (C=O) groups is 1. The lowest BCUT2D eigenvalue weighted by atomic mass is 9.83. The molecule has 0 bridgehead atoms. The number of hydrogen-bond donors (Lipinski definition) is 0. The summed E-state index contributed by atoms with van der Waals surface area (Å²) in [6, 6.07) is 10.1. The Kier molecular flexibility index (Phi) is 4.32. The number of ketones is 1. The van der Waals surface area contributed by atoms with Gasteiger partial charge < -0.3 is 4.74 Å². The second kappa shape index (κ2) is 5.97. The van der Waals surface area contributed by atoms with Crippen LogP contribution in [0.15, 0.2) is 30.3 Å². The van der Waals surface area contributed by atoms with Gasteiger partial charge in [0.05, 0.1) is 0 Å². The molecule has 0 amide bonds. The van der Waals surface area contributed by atoms with E-state index in [1.54, 1.807) is 6.92 Å². The summed E-state index contributed by atoms with van der Waals surface area (Å²) in [4.78, 5) is 11.8. The Hall–Kier alpha value is -1.15. The number of carbonyl (C=O) groups excluding carboxylic acids is 1. The summed E-state index contributed by atoms with van der Waals surface area (Å²) in [6.45, 7) is 3.41. The third-order valence-electron chi connectivity index (χ3n) is 3.60. The van der Waals surface area contributed by atoms with Crippen LogP contribution in [0.3, 0.4) is 0 Å². The Balaban J connectivity index is 2.05. The van der Waals surface area contributed by atoms with Crippen molar-refractivity contribution in [3.05, 3.63) is 35.9 Å². The first-order chi connectivity index (χ1) is 8.27. The third kappa shape index (κ3) is 3.40. The van der Waals surface area contributed by atoms with Gasteiger partial charge in [-0.3, -0.25) is 4.79 Å². The standard InChI is InChI=1S/C15H20O2/c1-12(16)15(14-5-3-2-4-6-14)11-13-7-9-17-10-8-13/h2-6,13,15H,7-11H2,1H3/t15-/m0/s1. The van der Waals surface area contributed by atoms with Crippen molar-refractivity contribution in [3.8, 4) is 0 Å². The molecule has 2 rings (SSSR count). The number of benzene rings is 1. The molecule has 0 radical (unpaired) electrons. The lowest BCUT2D eigenvalue weighted by Gasteiger charge is -2.25.